The van der Waals surface area contributed by atoms with Crippen LogP contribution in [0.1, 0.15) is 97.3 Å². The standard InChI is InChI=1S/C16H34O3S.Na/c1-3-5-6-7-8-9-10-11-12-13-14-15-16(4-2)20(17,18)19;/h16H,3-15H2,1-2H3,(H,17,18,19);/q;+1/p-1. The Morgan fingerprint density at radius 1 is 0.762 bits per heavy atom. The monoisotopic (exact) mass is 328 g/mol. The van der Waals surface area contributed by atoms with Gasteiger partial charge in [-0.2, -0.15) is 0 Å². The second-order valence-electron chi connectivity index (χ2n) is 5.85. The predicted molar refractivity (Wildman–Crippen MR) is 84.9 cm³/mol. The molecule has 1 atom stereocenters. The second-order valence-corrected chi connectivity index (χ2v) is 7.50. The summed E-state index contributed by atoms with van der Waals surface area (Å²) >= 11 is 0. The van der Waals surface area contributed by atoms with Crippen LogP contribution in [-0.4, -0.2) is 18.2 Å². The largest absolute Gasteiger partial charge is 1.00 e. The van der Waals surface area contributed by atoms with Gasteiger partial charge in [0.1, 0.15) is 0 Å². The molecule has 0 aliphatic rings. The minimum absolute atomic E-state index is 0. The molecule has 0 radical (unpaired) electrons. The molecule has 0 N–H and O–H groups in total. The van der Waals surface area contributed by atoms with Crippen molar-refractivity contribution in [2.45, 2.75) is 103 Å². The number of rotatable bonds is 14. The summed E-state index contributed by atoms with van der Waals surface area (Å²) in [6.45, 7) is 4.01. The van der Waals surface area contributed by atoms with E-state index in [1.807, 2.05) is 0 Å². The van der Waals surface area contributed by atoms with Gasteiger partial charge in [0.25, 0.3) is 0 Å². The topological polar surface area (TPSA) is 57.2 Å². The molecule has 122 valence electrons. The second kappa shape index (κ2) is 15.8. The van der Waals surface area contributed by atoms with Gasteiger partial charge >= 0.3 is 29.6 Å². The molecule has 0 rings (SSSR count). The van der Waals surface area contributed by atoms with Gasteiger partial charge in [-0.3, -0.25) is 0 Å². The Hall–Kier alpha value is 0.910. The van der Waals surface area contributed by atoms with E-state index in [2.05, 4.69) is 6.92 Å². The van der Waals surface area contributed by atoms with Gasteiger partial charge in [-0.15, -0.1) is 0 Å². The maximum atomic E-state index is 10.9. The van der Waals surface area contributed by atoms with Crippen molar-refractivity contribution in [2.24, 2.45) is 0 Å². The van der Waals surface area contributed by atoms with Gasteiger partial charge in [-0.25, -0.2) is 8.42 Å². The van der Waals surface area contributed by atoms with Crippen molar-refractivity contribution in [2.75, 3.05) is 0 Å². The minimum Gasteiger partial charge on any atom is -0.748 e. The van der Waals surface area contributed by atoms with Crippen LogP contribution >= 0.6 is 0 Å². The van der Waals surface area contributed by atoms with Gasteiger partial charge in [0.2, 0.25) is 0 Å². The molecule has 21 heavy (non-hydrogen) atoms. The maximum absolute atomic E-state index is 10.9. The summed E-state index contributed by atoms with van der Waals surface area (Å²) in [5.74, 6) is 0. The van der Waals surface area contributed by atoms with Crippen LogP contribution in [-0.2, 0) is 10.1 Å². The normalized spacial score (nSPS) is 12.9. The van der Waals surface area contributed by atoms with Crippen molar-refractivity contribution in [3.63, 3.8) is 0 Å². The average molecular weight is 328 g/mol. The molecule has 0 saturated heterocycles. The third-order valence-corrected chi connectivity index (χ3v) is 5.38. The predicted octanol–water partition coefficient (Wildman–Crippen LogP) is 2.02. The van der Waals surface area contributed by atoms with E-state index in [1.165, 1.54) is 57.8 Å². The quantitative estimate of drug-likeness (QED) is 0.278. The molecule has 5 heteroatoms. The van der Waals surface area contributed by atoms with Gasteiger partial charge < -0.3 is 4.55 Å². The molecule has 0 fully saturated rings. The molecule has 0 aromatic carbocycles. The number of hydrogen-bond donors (Lipinski definition) is 0. The van der Waals surface area contributed by atoms with Crippen LogP contribution in [0.2, 0.25) is 0 Å². The fourth-order valence-electron chi connectivity index (χ4n) is 2.59. The zero-order chi connectivity index (χ0) is 15.3. The molecule has 1 unspecified atom stereocenters. The van der Waals surface area contributed by atoms with Crippen LogP contribution in [0.3, 0.4) is 0 Å². The molecule has 3 nitrogen and oxygen atoms in total. The van der Waals surface area contributed by atoms with Gasteiger partial charge in [0, 0.05) is 5.25 Å². The Morgan fingerprint density at radius 2 is 1.14 bits per heavy atom. The summed E-state index contributed by atoms with van der Waals surface area (Å²) in [6.07, 6.45) is 14.7. The maximum Gasteiger partial charge on any atom is 1.00 e. The Labute approximate surface area is 154 Å². The molecule has 0 aliphatic carbocycles. The molecule has 0 heterocycles. The Morgan fingerprint density at radius 3 is 1.48 bits per heavy atom. The van der Waals surface area contributed by atoms with Crippen LogP contribution in [0, 0.1) is 0 Å². The van der Waals surface area contributed by atoms with Crippen molar-refractivity contribution in [1.29, 1.82) is 0 Å². The van der Waals surface area contributed by atoms with E-state index in [0.717, 1.165) is 12.8 Å². The summed E-state index contributed by atoms with van der Waals surface area (Å²) in [5.41, 5.74) is 0. The van der Waals surface area contributed by atoms with E-state index in [9.17, 15) is 13.0 Å². The fourth-order valence-corrected chi connectivity index (χ4v) is 3.45. The Kier molecular flexibility index (Phi) is 18.2. The first-order valence-electron chi connectivity index (χ1n) is 8.47. The fraction of sp³-hybridized carbons (Fsp3) is 1.00. The third-order valence-electron chi connectivity index (χ3n) is 3.99. The molecule has 0 aromatic heterocycles. The Balaban J connectivity index is 0. The van der Waals surface area contributed by atoms with E-state index < -0.39 is 15.4 Å². The van der Waals surface area contributed by atoms with Gasteiger partial charge in [-0.05, 0) is 12.8 Å². The van der Waals surface area contributed by atoms with E-state index in [1.54, 1.807) is 6.92 Å². The minimum atomic E-state index is -4.08. The molecule has 0 saturated carbocycles. The summed E-state index contributed by atoms with van der Waals surface area (Å²) < 4.78 is 32.8. The third kappa shape index (κ3) is 15.6. The van der Waals surface area contributed by atoms with Crippen LogP contribution in [0.25, 0.3) is 0 Å². The molecular formula is C16H33NaO3S. The first kappa shape index (κ1) is 24.2. The molecule has 0 spiro atoms. The Bertz CT molecular complexity index is 305. The average Bonchev–Trinajstić information content (AvgIpc) is 2.38. The zero-order valence-electron chi connectivity index (χ0n) is 14.4. The van der Waals surface area contributed by atoms with Crippen molar-refractivity contribution in [3.05, 3.63) is 0 Å². The van der Waals surface area contributed by atoms with Crippen molar-refractivity contribution in [1.82, 2.24) is 0 Å². The van der Waals surface area contributed by atoms with E-state index in [-0.39, 0.29) is 29.6 Å². The molecule has 0 amide bonds. The number of hydrogen-bond acceptors (Lipinski definition) is 3. The smallest absolute Gasteiger partial charge is 0.748 e. The first-order valence-corrected chi connectivity index (χ1v) is 9.94. The summed E-state index contributed by atoms with van der Waals surface area (Å²) in [5, 5.41) is -0.666. The summed E-state index contributed by atoms with van der Waals surface area (Å²) in [4.78, 5) is 0. The van der Waals surface area contributed by atoms with E-state index in [4.69, 9.17) is 0 Å². The molecular weight excluding hydrogens is 295 g/mol. The van der Waals surface area contributed by atoms with Gasteiger partial charge in [0.05, 0.1) is 10.1 Å². The van der Waals surface area contributed by atoms with Crippen LogP contribution in [0.15, 0.2) is 0 Å². The van der Waals surface area contributed by atoms with Crippen molar-refractivity contribution < 1.29 is 42.5 Å². The SMILES string of the molecule is CCCCCCCCCCCCCC(CC)S(=O)(=O)[O-].[Na+]. The van der Waals surface area contributed by atoms with Crippen molar-refractivity contribution >= 4 is 10.1 Å². The van der Waals surface area contributed by atoms with Gasteiger partial charge in [-0.1, -0.05) is 84.5 Å². The molecule has 0 aliphatic heterocycles. The van der Waals surface area contributed by atoms with Crippen molar-refractivity contribution in [3.8, 4) is 0 Å². The summed E-state index contributed by atoms with van der Waals surface area (Å²) in [6, 6.07) is 0. The van der Waals surface area contributed by atoms with Crippen LogP contribution in [0.4, 0.5) is 0 Å². The molecule has 0 bridgehead atoms. The first-order chi connectivity index (χ1) is 9.52. The van der Waals surface area contributed by atoms with E-state index in [0.29, 0.717) is 12.8 Å². The number of unbranched alkanes of at least 4 members (excludes halogenated alkanes) is 10. The van der Waals surface area contributed by atoms with Crippen LogP contribution in [0.5, 0.6) is 0 Å². The van der Waals surface area contributed by atoms with Gasteiger partial charge in [0.15, 0.2) is 0 Å². The molecule has 0 aromatic rings. The van der Waals surface area contributed by atoms with E-state index >= 15 is 0 Å². The van der Waals surface area contributed by atoms with Crippen LogP contribution < -0.4 is 29.6 Å². The summed E-state index contributed by atoms with van der Waals surface area (Å²) in [7, 11) is -4.08. The zero-order valence-corrected chi connectivity index (χ0v) is 17.2.